The van der Waals surface area contributed by atoms with Crippen LogP contribution in [-0.4, -0.2) is 38.8 Å². The maximum atomic E-state index is 3.91. The molecular weight excluding hydrogens is 462 g/mol. The number of aryl methyl sites for hydroxylation is 2. The molecular formula is C35H59N3. The van der Waals surface area contributed by atoms with E-state index in [1.54, 1.807) is 0 Å². The second-order valence-electron chi connectivity index (χ2n) is 11.1. The summed E-state index contributed by atoms with van der Waals surface area (Å²) in [5, 5.41) is 11.3. The molecule has 0 heterocycles. The van der Waals surface area contributed by atoms with Crippen molar-refractivity contribution in [1.82, 2.24) is 16.0 Å². The molecule has 0 aromatic heterocycles. The summed E-state index contributed by atoms with van der Waals surface area (Å²) in [6.07, 6.45) is 20.9. The van der Waals surface area contributed by atoms with Crippen molar-refractivity contribution < 1.29 is 0 Å². The minimum absolute atomic E-state index is 0.672. The van der Waals surface area contributed by atoms with Crippen molar-refractivity contribution in [3.63, 3.8) is 0 Å². The largest absolute Gasteiger partial charge is 0.317 e. The molecule has 38 heavy (non-hydrogen) atoms. The summed E-state index contributed by atoms with van der Waals surface area (Å²) in [5.74, 6) is 0. The van der Waals surface area contributed by atoms with Crippen LogP contribution in [-0.2, 0) is 12.8 Å². The Hall–Kier alpha value is -1.68. The third kappa shape index (κ3) is 18.6. The van der Waals surface area contributed by atoms with E-state index in [1.807, 2.05) is 0 Å². The number of nitrogens with one attached hydrogen (secondary N) is 3. The molecule has 3 N–H and O–H groups in total. The number of benzene rings is 2. The number of rotatable bonds is 26. The number of unbranched alkanes of at least 4 members (excludes halogenated alkanes) is 7. The van der Waals surface area contributed by atoms with E-state index in [0.29, 0.717) is 6.04 Å². The van der Waals surface area contributed by atoms with E-state index in [2.05, 4.69) is 83.5 Å². The minimum atomic E-state index is 0.672. The SMILES string of the molecule is CCCCCCCCNC(CCCNCCCCc1ccccc1)CCCNCCCCc1ccccc1. The first-order chi connectivity index (χ1) is 18.9. The highest BCUT2D eigenvalue weighted by molar-refractivity contribution is 5.15. The summed E-state index contributed by atoms with van der Waals surface area (Å²) in [6, 6.07) is 22.4. The zero-order chi connectivity index (χ0) is 26.8. The maximum absolute atomic E-state index is 3.91. The maximum Gasteiger partial charge on any atom is 0.00680 e. The monoisotopic (exact) mass is 521 g/mol. The Morgan fingerprint density at radius 3 is 1.45 bits per heavy atom. The smallest absolute Gasteiger partial charge is 0.00680 e. The van der Waals surface area contributed by atoms with Crippen molar-refractivity contribution >= 4 is 0 Å². The lowest BCUT2D eigenvalue weighted by Crippen LogP contribution is -2.32. The molecule has 0 radical (unpaired) electrons. The molecule has 0 aliphatic heterocycles. The van der Waals surface area contributed by atoms with Crippen LogP contribution < -0.4 is 16.0 Å². The summed E-state index contributed by atoms with van der Waals surface area (Å²) < 4.78 is 0. The van der Waals surface area contributed by atoms with Crippen LogP contribution in [0.3, 0.4) is 0 Å². The molecule has 2 rings (SSSR count). The summed E-state index contributed by atoms with van der Waals surface area (Å²) in [4.78, 5) is 0. The minimum Gasteiger partial charge on any atom is -0.317 e. The summed E-state index contributed by atoms with van der Waals surface area (Å²) in [6.45, 7) is 8.09. The molecule has 0 fully saturated rings. The summed E-state index contributed by atoms with van der Waals surface area (Å²) in [7, 11) is 0. The van der Waals surface area contributed by atoms with Crippen LogP contribution in [0.5, 0.6) is 0 Å². The topological polar surface area (TPSA) is 36.1 Å². The van der Waals surface area contributed by atoms with Crippen molar-refractivity contribution in [2.45, 2.75) is 116 Å². The molecule has 0 amide bonds. The highest BCUT2D eigenvalue weighted by Gasteiger charge is 2.07. The molecule has 0 atom stereocenters. The van der Waals surface area contributed by atoms with Gasteiger partial charge < -0.3 is 16.0 Å². The second kappa shape index (κ2) is 24.4. The molecule has 0 unspecified atom stereocenters. The lowest BCUT2D eigenvalue weighted by Gasteiger charge is -2.19. The first-order valence-corrected chi connectivity index (χ1v) is 16.1. The van der Waals surface area contributed by atoms with E-state index in [1.165, 1.54) is 120 Å². The van der Waals surface area contributed by atoms with Gasteiger partial charge in [-0.15, -0.1) is 0 Å². The zero-order valence-corrected chi connectivity index (χ0v) is 24.7. The Labute approximate surface area is 236 Å². The standard InChI is InChI=1S/C35H59N3/c1-2-3-4-5-6-15-32-38-35(26-18-30-36-28-16-13-24-33-20-9-7-10-21-33)27-19-31-37-29-17-14-25-34-22-11-8-12-23-34/h7-12,20-23,35-38H,2-6,13-19,24-32H2,1H3. The van der Waals surface area contributed by atoms with Crippen LogP contribution in [0, 0.1) is 0 Å². The van der Waals surface area contributed by atoms with E-state index < -0.39 is 0 Å². The number of hydrogen-bond acceptors (Lipinski definition) is 3. The molecule has 2 aromatic carbocycles. The van der Waals surface area contributed by atoms with Crippen molar-refractivity contribution in [3.05, 3.63) is 71.8 Å². The van der Waals surface area contributed by atoms with Crippen molar-refractivity contribution in [2.24, 2.45) is 0 Å². The van der Waals surface area contributed by atoms with Gasteiger partial charge in [-0.05, 0) is 114 Å². The van der Waals surface area contributed by atoms with Gasteiger partial charge in [-0.3, -0.25) is 0 Å². The molecule has 0 saturated carbocycles. The quantitative estimate of drug-likeness (QED) is 0.109. The molecule has 3 nitrogen and oxygen atoms in total. The van der Waals surface area contributed by atoms with Crippen molar-refractivity contribution in [1.29, 1.82) is 0 Å². The third-order valence-corrected chi connectivity index (χ3v) is 7.60. The molecule has 0 aliphatic rings. The van der Waals surface area contributed by atoms with Gasteiger partial charge in [-0.25, -0.2) is 0 Å². The fraction of sp³-hybridized carbons (Fsp3) is 0.657. The Balaban J connectivity index is 1.50. The lowest BCUT2D eigenvalue weighted by molar-refractivity contribution is 0.412. The van der Waals surface area contributed by atoms with E-state index >= 15 is 0 Å². The van der Waals surface area contributed by atoms with Gasteiger partial charge in [-0.2, -0.15) is 0 Å². The Morgan fingerprint density at radius 2 is 0.921 bits per heavy atom. The van der Waals surface area contributed by atoms with Crippen LogP contribution in [0.15, 0.2) is 60.7 Å². The highest BCUT2D eigenvalue weighted by atomic mass is 14.9. The van der Waals surface area contributed by atoms with E-state index in [-0.39, 0.29) is 0 Å². The fourth-order valence-electron chi connectivity index (χ4n) is 5.20. The molecule has 2 aromatic rings. The van der Waals surface area contributed by atoms with Gasteiger partial charge in [0.15, 0.2) is 0 Å². The lowest BCUT2D eigenvalue weighted by atomic mass is 10.0. The van der Waals surface area contributed by atoms with Gasteiger partial charge in [0.1, 0.15) is 0 Å². The predicted octanol–water partition coefficient (Wildman–Crippen LogP) is 8.09. The average Bonchev–Trinajstić information content (AvgIpc) is 2.96. The Bertz CT molecular complexity index is 678. The van der Waals surface area contributed by atoms with E-state index in [9.17, 15) is 0 Å². The first-order valence-electron chi connectivity index (χ1n) is 16.1. The molecule has 0 bridgehead atoms. The summed E-state index contributed by atoms with van der Waals surface area (Å²) in [5.41, 5.74) is 2.93. The van der Waals surface area contributed by atoms with Crippen LogP contribution in [0.4, 0.5) is 0 Å². The van der Waals surface area contributed by atoms with Gasteiger partial charge >= 0.3 is 0 Å². The van der Waals surface area contributed by atoms with Crippen LogP contribution in [0.1, 0.15) is 108 Å². The van der Waals surface area contributed by atoms with Crippen molar-refractivity contribution in [2.75, 3.05) is 32.7 Å². The fourth-order valence-corrected chi connectivity index (χ4v) is 5.20. The summed E-state index contributed by atoms with van der Waals surface area (Å²) >= 11 is 0. The molecule has 0 saturated heterocycles. The Kier molecular flexibility index (Phi) is 20.9. The molecule has 3 heteroatoms. The average molecular weight is 522 g/mol. The van der Waals surface area contributed by atoms with Gasteiger partial charge in [0.2, 0.25) is 0 Å². The van der Waals surface area contributed by atoms with Crippen molar-refractivity contribution in [3.8, 4) is 0 Å². The van der Waals surface area contributed by atoms with E-state index in [4.69, 9.17) is 0 Å². The van der Waals surface area contributed by atoms with Crippen LogP contribution in [0.2, 0.25) is 0 Å². The predicted molar refractivity (Wildman–Crippen MR) is 168 cm³/mol. The highest BCUT2D eigenvalue weighted by Crippen LogP contribution is 2.09. The molecule has 0 spiro atoms. The van der Waals surface area contributed by atoms with Crippen LogP contribution >= 0.6 is 0 Å². The molecule has 214 valence electrons. The normalized spacial score (nSPS) is 11.4. The van der Waals surface area contributed by atoms with Gasteiger partial charge in [-0.1, -0.05) is 99.7 Å². The Morgan fingerprint density at radius 1 is 0.474 bits per heavy atom. The van der Waals surface area contributed by atoms with E-state index in [0.717, 1.165) is 26.2 Å². The molecule has 0 aliphatic carbocycles. The van der Waals surface area contributed by atoms with Gasteiger partial charge in [0, 0.05) is 6.04 Å². The van der Waals surface area contributed by atoms with Crippen LogP contribution in [0.25, 0.3) is 0 Å². The number of hydrogen-bond donors (Lipinski definition) is 3. The second-order valence-corrected chi connectivity index (χ2v) is 11.1. The van der Waals surface area contributed by atoms with Gasteiger partial charge in [0.25, 0.3) is 0 Å². The zero-order valence-electron chi connectivity index (χ0n) is 24.7. The third-order valence-electron chi connectivity index (χ3n) is 7.60. The van der Waals surface area contributed by atoms with Gasteiger partial charge in [0.05, 0.1) is 0 Å². The first kappa shape index (κ1) is 32.5.